The van der Waals surface area contributed by atoms with Crippen LogP contribution in [0.25, 0.3) is 0 Å². The summed E-state index contributed by atoms with van der Waals surface area (Å²) in [5, 5.41) is 2.85. The van der Waals surface area contributed by atoms with Gasteiger partial charge in [0.1, 0.15) is 11.9 Å². The molecule has 1 N–H and O–H groups in total. The molecule has 9 heteroatoms. The number of rotatable bonds is 6. The molecule has 28 heavy (non-hydrogen) atoms. The Labute approximate surface area is 164 Å². The molecule has 0 aromatic heterocycles. The van der Waals surface area contributed by atoms with Crippen LogP contribution in [0, 0.1) is 5.82 Å². The van der Waals surface area contributed by atoms with Crippen molar-refractivity contribution < 1.29 is 27.1 Å². The number of esters is 1. The Hall–Kier alpha value is -2.00. The number of hydrogen-bond donors (Lipinski definition) is 1. The summed E-state index contributed by atoms with van der Waals surface area (Å²) >= 11 is 0. The molecule has 1 aliphatic carbocycles. The summed E-state index contributed by atoms with van der Waals surface area (Å²) in [4.78, 5) is 24.3. The average molecular weight is 412 g/mol. The Morgan fingerprint density at radius 1 is 1.07 bits per heavy atom. The molecule has 7 nitrogen and oxygen atoms in total. The van der Waals surface area contributed by atoms with Crippen LogP contribution in [0.5, 0.6) is 0 Å². The van der Waals surface area contributed by atoms with Gasteiger partial charge in [0.25, 0.3) is 5.91 Å². The molecule has 1 heterocycles. The van der Waals surface area contributed by atoms with Crippen molar-refractivity contribution in [2.24, 2.45) is 0 Å². The van der Waals surface area contributed by atoms with Gasteiger partial charge in [-0.05, 0) is 49.9 Å². The van der Waals surface area contributed by atoms with Crippen LogP contribution in [0.4, 0.5) is 4.39 Å². The molecule has 1 saturated heterocycles. The zero-order valence-corrected chi connectivity index (χ0v) is 16.4. The topological polar surface area (TPSA) is 92.8 Å². The summed E-state index contributed by atoms with van der Waals surface area (Å²) in [5.74, 6) is -1.64. The van der Waals surface area contributed by atoms with Crippen LogP contribution in [0.2, 0.25) is 0 Å². The van der Waals surface area contributed by atoms with Crippen LogP contribution < -0.4 is 5.32 Å². The monoisotopic (exact) mass is 412 g/mol. The van der Waals surface area contributed by atoms with E-state index in [0.29, 0.717) is 12.8 Å². The van der Waals surface area contributed by atoms with Crippen molar-refractivity contribution in [3.63, 3.8) is 0 Å². The normalized spacial score (nSPS) is 21.4. The molecule has 154 valence electrons. The minimum absolute atomic E-state index is 0.0800. The molecule has 0 unspecified atom stereocenters. The molecule has 3 rings (SSSR count). The van der Waals surface area contributed by atoms with Crippen LogP contribution in [0.1, 0.15) is 44.9 Å². The van der Waals surface area contributed by atoms with Gasteiger partial charge in [0.15, 0.2) is 6.61 Å². The highest BCUT2D eigenvalue weighted by Crippen LogP contribution is 2.27. The molecule has 0 spiro atoms. The van der Waals surface area contributed by atoms with E-state index in [2.05, 4.69) is 5.32 Å². The molecule has 0 radical (unpaired) electrons. The van der Waals surface area contributed by atoms with Crippen molar-refractivity contribution in [1.29, 1.82) is 0 Å². The van der Waals surface area contributed by atoms with Crippen LogP contribution in [0.15, 0.2) is 29.2 Å². The molecule has 1 aliphatic heterocycles. The quantitative estimate of drug-likeness (QED) is 0.721. The number of nitrogens with one attached hydrogen (secondary N) is 1. The number of carbonyl (C=O) groups is 2. The zero-order chi connectivity index (χ0) is 20.1. The van der Waals surface area contributed by atoms with Gasteiger partial charge in [-0.25, -0.2) is 12.8 Å². The number of amides is 1. The Balaban J connectivity index is 1.58. The maximum absolute atomic E-state index is 13.1. The van der Waals surface area contributed by atoms with E-state index >= 15 is 0 Å². The van der Waals surface area contributed by atoms with E-state index in [9.17, 15) is 22.4 Å². The largest absolute Gasteiger partial charge is 0.454 e. The van der Waals surface area contributed by atoms with Crippen LogP contribution in [0.3, 0.4) is 0 Å². The predicted octanol–water partition coefficient (Wildman–Crippen LogP) is 1.97. The lowest BCUT2D eigenvalue weighted by Crippen LogP contribution is -2.43. The molecule has 1 aromatic rings. The third-order valence-corrected chi connectivity index (χ3v) is 7.13. The molecule has 2 fully saturated rings. The number of benzene rings is 1. The Kier molecular flexibility index (Phi) is 6.66. The Morgan fingerprint density at radius 2 is 1.75 bits per heavy atom. The van der Waals surface area contributed by atoms with Crippen molar-refractivity contribution in [2.75, 3.05) is 13.2 Å². The third-order valence-electron chi connectivity index (χ3n) is 5.21. The first-order valence-electron chi connectivity index (χ1n) is 9.61. The number of ether oxygens (including phenoxy) is 1. The lowest BCUT2D eigenvalue weighted by Gasteiger charge is -2.24. The van der Waals surface area contributed by atoms with Crippen molar-refractivity contribution in [1.82, 2.24) is 9.62 Å². The van der Waals surface area contributed by atoms with E-state index in [1.807, 2.05) is 0 Å². The maximum Gasteiger partial charge on any atom is 0.324 e. The first-order chi connectivity index (χ1) is 13.4. The molecule has 1 amide bonds. The minimum Gasteiger partial charge on any atom is -0.454 e. The fourth-order valence-electron chi connectivity index (χ4n) is 3.75. The minimum atomic E-state index is -3.95. The van der Waals surface area contributed by atoms with Crippen molar-refractivity contribution in [3.05, 3.63) is 30.1 Å². The van der Waals surface area contributed by atoms with E-state index in [4.69, 9.17) is 4.74 Å². The molecule has 1 aromatic carbocycles. The van der Waals surface area contributed by atoms with Gasteiger partial charge in [-0.15, -0.1) is 0 Å². The smallest absolute Gasteiger partial charge is 0.324 e. The van der Waals surface area contributed by atoms with Crippen LogP contribution in [-0.4, -0.2) is 49.8 Å². The second-order valence-electron chi connectivity index (χ2n) is 7.24. The number of nitrogens with zero attached hydrogens (tertiary/aromatic N) is 1. The summed E-state index contributed by atoms with van der Waals surface area (Å²) < 4.78 is 44.8. The summed E-state index contributed by atoms with van der Waals surface area (Å²) in [6, 6.07) is 3.60. The Bertz CT molecular complexity index is 806. The summed E-state index contributed by atoms with van der Waals surface area (Å²) in [6.45, 7) is -0.246. The van der Waals surface area contributed by atoms with Gasteiger partial charge in [0, 0.05) is 12.6 Å². The van der Waals surface area contributed by atoms with Gasteiger partial charge < -0.3 is 10.1 Å². The number of hydrogen-bond acceptors (Lipinski definition) is 5. The molecule has 2 aliphatic rings. The van der Waals surface area contributed by atoms with Gasteiger partial charge >= 0.3 is 5.97 Å². The number of carbonyl (C=O) groups excluding carboxylic acids is 2. The van der Waals surface area contributed by atoms with Crippen LogP contribution in [-0.2, 0) is 24.3 Å². The Morgan fingerprint density at radius 3 is 2.43 bits per heavy atom. The highest BCUT2D eigenvalue weighted by Gasteiger charge is 2.40. The predicted molar refractivity (Wildman–Crippen MR) is 99.3 cm³/mol. The third kappa shape index (κ3) is 4.88. The van der Waals surface area contributed by atoms with Crippen molar-refractivity contribution in [2.45, 2.75) is 61.9 Å². The molecule has 1 atom stereocenters. The first kappa shape index (κ1) is 20.7. The van der Waals surface area contributed by atoms with Gasteiger partial charge in [0.05, 0.1) is 4.90 Å². The fraction of sp³-hybridized carbons (Fsp3) is 0.579. The average Bonchev–Trinajstić information content (AvgIpc) is 3.18. The molecular formula is C19H25FN2O5S. The standard InChI is InChI=1S/C19H25FN2O5S/c20-14-8-10-16(11-9-14)28(25,26)22-12-4-7-17(22)19(24)27-13-18(23)21-15-5-2-1-3-6-15/h8-11,15,17H,1-7,12-13H2,(H,21,23)/t17-/m0/s1. The molecule has 1 saturated carbocycles. The van der Waals surface area contributed by atoms with Gasteiger partial charge in [0.2, 0.25) is 10.0 Å². The van der Waals surface area contributed by atoms with Crippen molar-refractivity contribution >= 4 is 21.9 Å². The SMILES string of the molecule is O=C(COC(=O)[C@@H]1CCCN1S(=O)(=O)c1ccc(F)cc1)NC1CCCCC1. The summed E-state index contributed by atoms with van der Waals surface area (Å²) in [6.07, 6.45) is 5.99. The number of sulfonamides is 1. The van der Waals surface area contributed by atoms with Gasteiger partial charge in [-0.1, -0.05) is 19.3 Å². The number of halogens is 1. The van der Waals surface area contributed by atoms with E-state index in [-0.39, 0.29) is 23.4 Å². The summed E-state index contributed by atoms with van der Waals surface area (Å²) in [5.41, 5.74) is 0. The molecular weight excluding hydrogens is 387 g/mol. The second-order valence-corrected chi connectivity index (χ2v) is 9.13. The van der Waals surface area contributed by atoms with Gasteiger partial charge in [-0.3, -0.25) is 9.59 Å². The van der Waals surface area contributed by atoms with E-state index in [0.717, 1.165) is 42.1 Å². The second kappa shape index (κ2) is 9.00. The van der Waals surface area contributed by atoms with E-state index in [1.165, 1.54) is 18.6 Å². The summed E-state index contributed by atoms with van der Waals surface area (Å²) in [7, 11) is -3.95. The molecule has 0 bridgehead atoms. The van der Waals surface area contributed by atoms with E-state index < -0.39 is 34.5 Å². The van der Waals surface area contributed by atoms with Crippen molar-refractivity contribution in [3.8, 4) is 0 Å². The first-order valence-corrected chi connectivity index (χ1v) is 11.1. The lowest BCUT2D eigenvalue weighted by molar-refractivity contribution is -0.151. The maximum atomic E-state index is 13.1. The van der Waals surface area contributed by atoms with E-state index in [1.54, 1.807) is 0 Å². The highest BCUT2D eigenvalue weighted by molar-refractivity contribution is 7.89. The highest BCUT2D eigenvalue weighted by atomic mass is 32.2. The fourth-order valence-corrected chi connectivity index (χ4v) is 5.40. The van der Waals surface area contributed by atoms with Crippen LogP contribution >= 0.6 is 0 Å². The zero-order valence-electron chi connectivity index (χ0n) is 15.6. The lowest BCUT2D eigenvalue weighted by atomic mass is 9.95. The van der Waals surface area contributed by atoms with Gasteiger partial charge in [-0.2, -0.15) is 4.31 Å².